The highest BCUT2D eigenvalue weighted by atomic mass is 19.1. The molecule has 2 unspecified atom stereocenters. The lowest BCUT2D eigenvalue weighted by Gasteiger charge is -2.22. The van der Waals surface area contributed by atoms with Gasteiger partial charge in [0.2, 0.25) is 5.91 Å². The molecule has 4 nitrogen and oxygen atoms in total. The topological polar surface area (TPSA) is 61.4 Å². The molecule has 0 saturated carbocycles. The normalized spacial score (nSPS) is 20.8. The molecule has 2 rings (SSSR count). The van der Waals surface area contributed by atoms with Crippen LogP contribution in [0, 0.1) is 11.7 Å². The summed E-state index contributed by atoms with van der Waals surface area (Å²) in [6.07, 6.45) is 0.824. The Balaban J connectivity index is 1.84. The van der Waals surface area contributed by atoms with Crippen LogP contribution in [0.4, 0.5) is 4.39 Å². The molecule has 1 heterocycles. The minimum atomic E-state index is -1.01. The van der Waals surface area contributed by atoms with Crippen LogP contribution in [-0.4, -0.2) is 30.6 Å². The van der Waals surface area contributed by atoms with Gasteiger partial charge in [0.1, 0.15) is 5.82 Å². The van der Waals surface area contributed by atoms with E-state index in [1.54, 1.807) is 12.1 Å². The maximum absolute atomic E-state index is 13.4. The van der Waals surface area contributed by atoms with E-state index >= 15 is 0 Å². The molecule has 0 bridgehead atoms. The fraction of sp³-hybridized carbons (Fsp3) is 0.500. The summed E-state index contributed by atoms with van der Waals surface area (Å²) in [6.45, 7) is 1.65. The molecule has 3 N–H and O–H groups in total. The lowest BCUT2D eigenvalue weighted by molar-refractivity contribution is -0.126. The third-order valence-electron chi connectivity index (χ3n) is 3.40. The quantitative estimate of drug-likeness (QED) is 0.761. The van der Waals surface area contributed by atoms with E-state index in [4.69, 9.17) is 0 Å². The molecule has 1 aromatic rings. The van der Waals surface area contributed by atoms with Crippen molar-refractivity contribution in [2.75, 3.05) is 19.6 Å². The molecule has 1 fully saturated rings. The molecule has 19 heavy (non-hydrogen) atoms. The number of benzene rings is 1. The van der Waals surface area contributed by atoms with Gasteiger partial charge in [0.05, 0.1) is 12.0 Å². The van der Waals surface area contributed by atoms with Crippen LogP contribution in [0.2, 0.25) is 0 Å². The Hall–Kier alpha value is -1.46. The minimum Gasteiger partial charge on any atom is -0.386 e. The van der Waals surface area contributed by atoms with Crippen molar-refractivity contribution < 1.29 is 14.3 Å². The van der Waals surface area contributed by atoms with Gasteiger partial charge < -0.3 is 15.7 Å². The maximum atomic E-state index is 13.4. The third-order valence-corrected chi connectivity index (χ3v) is 3.40. The van der Waals surface area contributed by atoms with E-state index in [0.717, 1.165) is 19.4 Å². The van der Waals surface area contributed by atoms with Crippen molar-refractivity contribution in [1.82, 2.24) is 10.6 Å². The first-order valence-electron chi connectivity index (χ1n) is 6.59. The molecule has 0 aromatic heterocycles. The summed E-state index contributed by atoms with van der Waals surface area (Å²) in [5.41, 5.74) is 0.213. The standard InChI is InChI=1S/C14H19FN2O2/c15-12-6-2-1-5-11(12)13(18)9-17-14(19)10-4-3-7-16-8-10/h1-2,5-6,10,13,16,18H,3-4,7-9H2,(H,17,19). The van der Waals surface area contributed by atoms with Gasteiger partial charge in [-0.1, -0.05) is 18.2 Å². The molecule has 0 aliphatic carbocycles. The van der Waals surface area contributed by atoms with E-state index in [1.165, 1.54) is 12.1 Å². The second-order valence-electron chi connectivity index (χ2n) is 4.83. The number of amides is 1. The number of carbonyl (C=O) groups is 1. The summed E-state index contributed by atoms with van der Waals surface area (Å²) < 4.78 is 13.4. The van der Waals surface area contributed by atoms with E-state index < -0.39 is 11.9 Å². The van der Waals surface area contributed by atoms with Crippen LogP contribution in [-0.2, 0) is 4.79 Å². The Morgan fingerprint density at radius 3 is 3.00 bits per heavy atom. The summed E-state index contributed by atoms with van der Waals surface area (Å²) >= 11 is 0. The second-order valence-corrected chi connectivity index (χ2v) is 4.83. The first-order valence-corrected chi connectivity index (χ1v) is 6.59. The number of nitrogens with one attached hydrogen (secondary N) is 2. The predicted molar refractivity (Wildman–Crippen MR) is 70.0 cm³/mol. The van der Waals surface area contributed by atoms with Crippen molar-refractivity contribution in [2.24, 2.45) is 5.92 Å². The van der Waals surface area contributed by atoms with Gasteiger partial charge in [-0.15, -0.1) is 0 Å². The molecule has 0 spiro atoms. The molecule has 1 aromatic carbocycles. The average molecular weight is 266 g/mol. The number of rotatable bonds is 4. The van der Waals surface area contributed by atoms with E-state index in [-0.39, 0.29) is 23.9 Å². The van der Waals surface area contributed by atoms with Crippen LogP contribution >= 0.6 is 0 Å². The highest BCUT2D eigenvalue weighted by Crippen LogP contribution is 2.16. The molecule has 5 heteroatoms. The summed E-state index contributed by atoms with van der Waals surface area (Å²) in [5.74, 6) is -0.590. The lowest BCUT2D eigenvalue weighted by atomic mass is 9.98. The number of hydrogen-bond acceptors (Lipinski definition) is 3. The van der Waals surface area contributed by atoms with Crippen molar-refractivity contribution in [2.45, 2.75) is 18.9 Å². The first kappa shape index (κ1) is 14.0. The van der Waals surface area contributed by atoms with Crippen molar-refractivity contribution >= 4 is 5.91 Å². The van der Waals surface area contributed by atoms with Crippen LogP contribution in [0.1, 0.15) is 24.5 Å². The Bertz CT molecular complexity index is 433. The zero-order chi connectivity index (χ0) is 13.7. The van der Waals surface area contributed by atoms with E-state index in [2.05, 4.69) is 10.6 Å². The average Bonchev–Trinajstić information content (AvgIpc) is 2.46. The van der Waals surface area contributed by atoms with E-state index in [1.807, 2.05) is 0 Å². The van der Waals surface area contributed by atoms with Gasteiger partial charge in [0.15, 0.2) is 0 Å². The largest absolute Gasteiger partial charge is 0.386 e. The predicted octanol–water partition coefficient (Wildman–Crippen LogP) is 0.975. The number of aliphatic hydroxyl groups excluding tert-OH is 1. The summed E-state index contributed by atoms with van der Waals surface area (Å²) in [6, 6.07) is 6.05. The van der Waals surface area contributed by atoms with Gasteiger partial charge in [-0.05, 0) is 25.5 Å². The first-order chi connectivity index (χ1) is 9.18. The van der Waals surface area contributed by atoms with Crippen molar-refractivity contribution in [3.8, 4) is 0 Å². The minimum absolute atomic E-state index is 0.0380. The number of hydrogen-bond donors (Lipinski definition) is 3. The highest BCUT2D eigenvalue weighted by Gasteiger charge is 2.21. The van der Waals surface area contributed by atoms with Crippen LogP contribution in [0.3, 0.4) is 0 Å². The van der Waals surface area contributed by atoms with Gasteiger partial charge in [-0.25, -0.2) is 4.39 Å². The molecular formula is C14H19FN2O2. The summed E-state index contributed by atoms with van der Waals surface area (Å²) in [7, 11) is 0. The Kier molecular flexibility index (Phi) is 4.87. The molecule has 1 saturated heterocycles. The van der Waals surface area contributed by atoms with E-state index in [0.29, 0.717) is 6.54 Å². The number of carbonyl (C=O) groups excluding carboxylic acids is 1. The second kappa shape index (κ2) is 6.63. The molecule has 0 radical (unpaired) electrons. The zero-order valence-electron chi connectivity index (χ0n) is 10.7. The van der Waals surface area contributed by atoms with Gasteiger partial charge in [0, 0.05) is 18.7 Å². The number of halogens is 1. The van der Waals surface area contributed by atoms with Crippen LogP contribution in [0.15, 0.2) is 24.3 Å². The fourth-order valence-corrected chi connectivity index (χ4v) is 2.27. The van der Waals surface area contributed by atoms with Gasteiger partial charge >= 0.3 is 0 Å². The molecular weight excluding hydrogens is 247 g/mol. The molecule has 1 amide bonds. The highest BCUT2D eigenvalue weighted by molar-refractivity contribution is 5.79. The Labute approximate surface area is 112 Å². The molecule has 104 valence electrons. The monoisotopic (exact) mass is 266 g/mol. The summed E-state index contributed by atoms with van der Waals surface area (Å²) in [4.78, 5) is 11.9. The smallest absolute Gasteiger partial charge is 0.224 e. The number of aliphatic hydroxyl groups is 1. The number of piperidine rings is 1. The van der Waals surface area contributed by atoms with Crippen molar-refractivity contribution in [1.29, 1.82) is 0 Å². The van der Waals surface area contributed by atoms with Gasteiger partial charge in [-0.2, -0.15) is 0 Å². The Morgan fingerprint density at radius 2 is 2.32 bits per heavy atom. The zero-order valence-corrected chi connectivity index (χ0v) is 10.7. The van der Waals surface area contributed by atoms with Gasteiger partial charge in [-0.3, -0.25) is 4.79 Å². The molecule has 1 aliphatic rings. The Morgan fingerprint density at radius 1 is 1.53 bits per heavy atom. The molecule has 1 aliphatic heterocycles. The van der Waals surface area contributed by atoms with Gasteiger partial charge in [0.25, 0.3) is 0 Å². The lowest BCUT2D eigenvalue weighted by Crippen LogP contribution is -2.41. The SMILES string of the molecule is O=C(NCC(O)c1ccccc1F)C1CCCNC1. The fourth-order valence-electron chi connectivity index (χ4n) is 2.27. The maximum Gasteiger partial charge on any atom is 0.224 e. The summed E-state index contributed by atoms with van der Waals surface area (Å²) in [5, 5.41) is 15.7. The van der Waals surface area contributed by atoms with Crippen LogP contribution in [0.5, 0.6) is 0 Å². The molecule has 2 atom stereocenters. The van der Waals surface area contributed by atoms with Crippen molar-refractivity contribution in [3.05, 3.63) is 35.6 Å². The van der Waals surface area contributed by atoms with Crippen LogP contribution in [0.25, 0.3) is 0 Å². The van der Waals surface area contributed by atoms with Crippen molar-refractivity contribution in [3.63, 3.8) is 0 Å². The van der Waals surface area contributed by atoms with Crippen LogP contribution < -0.4 is 10.6 Å². The third kappa shape index (κ3) is 3.75. The van der Waals surface area contributed by atoms with E-state index in [9.17, 15) is 14.3 Å².